The van der Waals surface area contributed by atoms with Crippen molar-refractivity contribution in [1.82, 2.24) is 0 Å². The molecule has 5 nitrogen and oxygen atoms in total. The topological polar surface area (TPSA) is 66.5 Å². The van der Waals surface area contributed by atoms with Gasteiger partial charge in [0.2, 0.25) is 5.91 Å². The molecule has 0 spiro atoms. The van der Waals surface area contributed by atoms with Gasteiger partial charge in [0.25, 0.3) is 11.8 Å². The number of benzene rings is 3. The van der Waals surface area contributed by atoms with E-state index in [1.807, 2.05) is 30.3 Å². The Morgan fingerprint density at radius 3 is 2.38 bits per heavy atom. The van der Waals surface area contributed by atoms with Gasteiger partial charge >= 0.3 is 0 Å². The molecule has 3 amide bonds. The maximum atomic E-state index is 12.9. The Morgan fingerprint density at radius 2 is 1.65 bits per heavy atom. The number of nitrogens with zero attached hydrogens (tertiary/aromatic N) is 1. The van der Waals surface area contributed by atoms with E-state index in [1.54, 1.807) is 30.3 Å². The maximum absolute atomic E-state index is 12.9. The highest BCUT2D eigenvalue weighted by atomic mass is 35.5. The molecule has 0 radical (unpaired) electrons. The monoisotopic (exact) mass is 364 g/mol. The molecule has 3 aromatic rings. The first-order valence-electron chi connectivity index (χ1n) is 7.96. The van der Waals surface area contributed by atoms with E-state index in [1.165, 1.54) is 0 Å². The standard InChI is InChI=1S/C20H13ClN2O3/c21-11-17(24)22-13-6-8-14(9-7-13)23-19(25)16-10-5-12-3-1-2-4-15(12)18(16)20(23)26/h1-10H,11H2,(H,22,24). The highest BCUT2D eigenvalue weighted by Gasteiger charge is 2.37. The normalized spacial score (nSPS) is 13.2. The molecule has 0 aromatic heterocycles. The summed E-state index contributed by atoms with van der Waals surface area (Å²) in [5.74, 6) is -1.17. The van der Waals surface area contributed by atoms with E-state index < -0.39 is 0 Å². The van der Waals surface area contributed by atoms with Crippen LogP contribution in [0.5, 0.6) is 0 Å². The van der Waals surface area contributed by atoms with Crippen LogP contribution in [-0.2, 0) is 4.79 Å². The molecule has 26 heavy (non-hydrogen) atoms. The number of nitrogens with one attached hydrogen (secondary N) is 1. The molecule has 0 unspecified atom stereocenters. The smallest absolute Gasteiger partial charge is 0.266 e. The Hall–Kier alpha value is -3.18. The zero-order chi connectivity index (χ0) is 18.3. The minimum absolute atomic E-state index is 0.146. The van der Waals surface area contributed by atoms with E-state index in [-0.39, 0.29) is 23.6 Å². The van der Waals surface area contributed by atoms with E-state index in [0.29, 0.717) is 22.5 Å². The molecular weight excluding hydrogens is 352 g/mol. The van der Waals surface area contributed by atoms with Crippen LogP contribution in [0.3, 0.4) is 0 Å². The highest BCUT2D eigenvalue weighted by Crippen LogP contribution is 2.33. The van der Waals surface area contributed by atoms with E-state index in [0.717, 1.165) is 15.7 Å². The summed E-state index contributed by atoms with van der Waals surface area (Å²) in [7, 11) is 0. The number of hydrogen-bond donors (Lipinski definition) is 1. The third kappa shape index (κ3) is 2.53. The summed E-state index contributed by atoms with van der Waals surface area (Å²) in [5, 5.41) is 4.29. The predicted octanol–water partition coefficient (Wildman–Crippen LogP) is 3.82. The Balaban J connectivity index is 1.72. The van der Waals surface area contributed by atoms with Gasteiger partial charge in [0.15, 0.2) is 0 Å². The summed E-state index contributed by atoms with van der Waals surface area (Å²) in [6.45, 7) is 0. The first-order chi connectivity index (χ1) is 12.6. The zero-order valence-corrected chi connectivity index (χ0v) is 14.3. The average molecular weight is 365 g/mol. The lowest BCUT2D eigenvalue weighted by atomic mass is 10.0. The molecule has 0 atom stereocenters. The van der Waals surface area contributed by atoms with Gasteiger partial charge in [-0.1, -0.05) is 30.3 Å². The van der Waals surface area contributed by atoms with Crippen LogP contribution in [0.15, 0.2) is 60.7 Å². The van der Waals surface area contributed by atoms with Crippen molar-refractivity contribution in [2.75, 3.05) is 16.1 Å². The third-order valence-corrected chi connectivity index (χ3v) is 4.55. The number of fused-ring (bicyclic) bond motifs is 3. The van der Waals surface area contributed by atoms with Gasteiger partial charge in [-0.15, -0.1) is 11.6 Å². The Labute approximate surface area is 154 Å². The highest BCUT2D eigenvalue weighted by molar-refractivity contribution is 6.37. The van der Waals surface area contributed by atoms with E-state index in [2.05, 4.69) is 5.32 Å². The number of halogens is 1. The van der Waals surface area contributed by atoms with Crippen molar-refractivity contribution in [2.45, 2.75) is 0 Å². The molecule has 4 rings (SSSR count). The number of rotatable bonds is 3. The molecule has 1 heterocycles. The minimum Gasteiger partial charge on any atom is -0.325 e. The van der Waals surface area contributed by atoms with Gasteiger partial charge < -0.3 is 5.32 Å². The van der Waals surface area contributed by atoms with Gasteiger partial charge in [-0.25, -0.2) is 4.90 Å². The molecule has 1 N–H and O–H groups in total. The summed E-state index contributed by atoms with van der Waals surface area (Å²) >= 11 is 5.46. The molecule has 0 aliphatic carbocycles. The second-order valence-corrected chi connectivity index (χ2v) is 6.15. The summed E-state index contributed by atoms with van der Waals surface area (Å²) < 4.78 is 0. The molecule has 6 heteroatoms. The number of amides is 3. The van der Waals surface area contributed by atoms with Crippen molar-refractivity contribution in [1.29, 1.82) is 0 Å². The van der Waals surface area contributed by atoms with Gasteiger partial charge in [0.05, 0.1) is 16.8 Å². The van der Waals surface area contributed by atoms with Crippen molar-refractivity contribution >= 4 is 51.5 Å². The summed E-state index contributed by atoms with van der Waals surface area (Å²) in [6, 6.07) is 17.5. The average Bonchev–Trinajstić information content (AvgIpc) is 2.93. The fraction of sp³-hybridized carbons (Fsp3) is 0.0500. The molecule has 1 aliphatic rings. The number of anilines is 2. The first-order valence-corrected chi connectivity index (χ1v) is 8.50. The third-order valence-electron chi connectivity index (χ3n) is 4.31. The summed E-state index contributed by atoms with van der Waals surface area (Å²) in [4.78, 5) is 38.2. The van der Waals surface area contributed by atoms with Crippen LogP contribution in [-0.4, -0.2) is 23.6 Å². The molecule has 1 aliphatic heterocycles. The van der Waals surface area contributed by atoms with Gasteiger partial charge in [-0.2, -0.15) is 0 Å². The van der Waals surface area contributed by atoms with Crippen LogP contribution in [0.1, 0.15) is 20.7 Å². The van der Waals surface area contributed by atoms with Gasteiger partial charge in [-0.3, -0.25) is 14.4 Å². The van der Waals surface area contributed by atoms with Crippen LogP contribution in [0.2, 0.25) is 0 Å². The summed E-state index contributed by atoms with van der Waals surface area (Å²) in [5.41, 5.74) is 1.81. The second-order valence-electron chi connectivity index (χ2n) is 5.88. The molecule has 0 bridgehead atoms. The Kier molecular flexibility index (Phi) is 3.93. The fourth-order valence-corrected chi connectivity index (χ4v) is 3.19. The SMILES string of the molecule is O=C(CCl)Nc1ccc(N2C(=O)c3ccc4ccccc4c3C2=O)cc1. The van der Waals surface area contributed by atoms with E-state index in [4.69, 9.17) is 11.6 Å². The quantitative estimate of drug-likeness (QED) is 0.567. The van der Waals surface area contributed by atoms with Crippen molar-refractivity contribution in [3.63, 3.8) is 0 Å². The molecule has 3 aromatic carbocycles. The minimum atomic E-state index is -0.353. The number of alkyl halides is 1. The van der Waals surface area contributed by atoms with Crippen LogP contribution >= 0.6 is 11.6 Å². The van der Waals surface area contributed by atoms with Crippen LogP contribution in [0, 0.1) is 0 Å². The van der Waals surface area contributed by atoms with Crippen LogP contribution in [0.4, 0.5) is 11.4 Å². The summed E-state index contributed by atoms with van der Waals surface area (Å²) in [6.07, 6.45) is 0. The number of hydrogen-bond acceptors (Lipinski definition) is 3. The first kappa shape index (κ1) is 16.3. The van der Waals surface area contributed by atoms with Crippen molar-refractivity contribution in [2.24, 2.45) is 0 Å². The van der Waals surface area contributed by atoms with Crippen LogP contribution < -0.4 is 10.2 Å². The molecule has 0 fully saturated rings. The molecular formula is C20H13ClN2O3. The molecule has 0 saturated heterocycles. The van der Waals surface area contributed by atoms with Gasteiger partial charge in [0.1, 0.15) is 5.88 Å². The van der Waals surface area contributed by atoms with E-state index in [9.17, 15) is 14.4 Å². The second kappa shape index (κ2) is 6.28. The lowest BCUT2D eigenvalue weighted by molar-refractivity contribution is -0.113. The lowest BCUT2D eigenvalue weighted by Crippen LogP contribution is -2.29. The van der Waals surface area contributed by atoms with Crippen molar-refractivity contribution in [3.05, 3.63) is 71.8 Å². The zero-order valence-electron chi connectivity index (χ0n) is 13.5. The largest absolute Gasteiger partial charge is 0.325 e. The number of imide groups is 1. The fourth-order valence-electron chi connectivity index (χ4n) is 3.13. The Morgan fingerprint density at radius 1 is 0.923 bits per heavy atom. The number of carbonyl (C=O) groups is 3. The van der Waals surface area contributed by atoms with Gasteiger partial charge in [0, 0.05) is 5.69 Å². The predicted molar refractivity (Wildman–Crippen MR) is 101 cm³/mol. The van der Waals surface area contributed by atoms with Crippen molar-refractivity contribution < 1.29 is 14.4 Å². The van der Waals surface area contributed by atoms with Crippen LogP contribution in [0.25, 0.3) is 10.8 Å². The molecule has 128 valence electrons. The van der Waals surface area contributed by atoms with E-state index >= 15 is 0 Å². The molecule has 0 saturated carbocycles. The Bertz CT molecular complexity index is 1060. The maximum Gasteiger partial charge on any atom is 0.266 e. The number of carbonyl (C=O) groups excluding carboxylic acids is 3. The lowest BCUT2D eigenvalue weighted by Gasteiger charge is -2.14. The van der Waals surface area contributed by atoms with Gasteiger partial charge in [-0.05, 0) is 41.1 Å². The van der Waals surface area contributed by atoms with Crippen molar-refractivity contribution in [3.8, 4) is 0 Å².